The monoisotopic (exact) mass is 170 g/mol. The number of ether oxygens (including phenoxy) is 1. The molecule has 0 aromatic carbocycles. The summed E-state index contributed by atoms with van der Waals surface area (Å²) < 4.78 is 5.82. The molecule has 0 atom stereocenters. The Kier molecular flexibility index (Phi) is 3.57. The standard InChI is InChI=1S/C11H22O/c1-4-8-11(2,3)12-9-7-10-5-6-10/h10H,4-9H2,1-3H3. The van der Waals surface area contributed by atoms with Crippen LogP contribution in [-0.4, -0.2) is 12.2 Å². The highest BCUT2D eigenvalue weighted by Crippen LogP contribution is 2.32. The molecular weight excluding hydrogens is 148 g/mol. The largest absolute Gasteiger partial charge is 0.376 e. The summed E-state index contributed by atoms with van der Waals surface area (Å²) in [5, 5.41) is 0. The molecule has 0 radical (unpaired) electrons. The summed E-state index contributed by atoms with van der Waals surface area (Å²) in [5.41, 5.74) is 0.115. The van der Waals surface area contributed by atoms with E-state index >= 15 is 0 Å². The Morgan fingerprint density at radius 2 is 2.00 bits per heavy atom. The summed E-state index contributed by atoms with van der Waals surface area (Å²) in [5.74, 6) is 1.00. The molecule has 0 saturated heterocycles. The molecule has 1 aliphatic carbocycles. The molecule has 0 unspecified atom stereocenters. The lowest BCUT2D eigenvalue weighted by molar-refractivity contribution is -0.0263. The molecule has 0 N–H and O–H groups in total. The number of hydrogen-bond acceptors (Lipinski definition) is 1. The third kappa shape index (κ3) is 4.10. The summed E-state index contributed by atoms with van der Waals surface area (Å²) in [6.45, 7) is 7.58. The van der Waals surface area contributed by atoms with Gasteiger partial charge < -0.3 is 4.74 Å². The van der Waals surface area contributed by atoms with Gasteiger partial charge in [0.25, 0.3) is 0 Å². The van der Waals surface area contributed by atoms with Crippen LogP contribution in [0.25, 0.3) is 0 Å². The SMILES string of the molecule is CCCC(C)(C)OCCC1CC1. The fourth-order valence-corrected chi connectivity index (χ4v) is 1.58. The summed E-state index contributed by atoms with van der Waals surface area (Å²) in [6, 6.07) is 0. The van der Waals surface area contributed by atoms with Crippen LogP contribution in [0.4, 0.5) is 0 Å². The Bertz CT molecular complexity index is 125. The third-order valence-electron chi connectivity index (χ3n) is 2.57. The zero-order chi connectivity index (χ0) is 9.03. The Hall–Kier alpha value is -0.0400. The van der Waals surface area contributed by atoms with Crippen molar-refractivity contribution in [3.63, 3.8) is 0 Å². The zero-order valence-electron chi connectivity index (χ0n) is 8.73. The van der Waals surface area contributed by atoms with Gasteiger partial charge in [-0.3, -0.25) is 0 Å². The van der Waals surface area contributed by atoms with Gasteiger partial charge in [0.05, 0.1) is 5.60 Å². The lowest BCUT2D eigenvalue weighted by atomic mass is 10.0. The van der Waals surface area contributed by atoms with E-state index in [2.05, 4.69) is 20.8 Å². The van der Waals surface area contributed by atoms with Crippen LogP contribution in [-0.2, 0) is 4.74 Å². The van der Waals surface area contributed by atoms with Gasteiger partial charge in [0.1, 0.15) is 0 Å². The number of rotatable bonds is 6. The van der Waals surface area contributed by atoms with Crippen LogP contribution in [0.5, 0.6) is 0 Å². The molecule has 1 heteroatoms. The Balaban J connectivity index is 2.01. The van der Waals surface area contributed by atoms with Crippen molar-refractivity contribution in [2.24, 2.45) is 5.92 Å². The summed E-state index contributed by atoms with van der Waals surface area (Å²) in [4.78, 5) is 0. The average Bonchev–Trinajstić information content (AvgIpc) is 2.70. The van der Waals surface area contributed by atoms with Gasteiger partial charge in [0.2, 0.25) is 0 Å². The maximum atomic E-state index is 5.82. The van der Waals surface area contributed by atoms with Crippen LogP contribution >= 0.6 is 0 Å². The molecule has 1 fully saturated rings. The summed E-state index contributed by atoms with van der Waals surface area (Å²) in [7, 11) is 0. The van der Waals surface area contributed by atoms with Crippen LogP contribution in [0.3, 0.4) is 0 Å². The van der Waals surface area contributed by atoms with Crippen molar-refractivity contribution in [2.45, 2.75) is 58.5 Å². The minimum absolute atomic E-state index is 0.115. The summed E-state index contributed by atoms with van der Waals surface area (Å²) >= 11 is 0. The fourth-order valence-electron chi connectivity index (χ4n) is 1.58. The van der Waals surface area contributed by atoms with Gasteiger partial charge in [0.15, 0.2) is 0 Å². The average molecular weight is 170 g/mol. The zero-order valence-corrected chi connectivity index (χ0v) is 8.73. The van der Waals surface area contributed by atoms with Crippen molar-refractivity contribution >= 4 is 0 Å². The molecule has 1 aliphatic rings. The molecule has 0 aliphatic heterocycles. The van der Waals surface area contributed by atoms with E-state index in [0.29, 0.717) is 0 Å². The van der Waals surface area contributed by atoms with Crippen molar-refractivity contribution in [3.05, 3.63) is 0 Å². The predicted molar refractivity (Wildman–Crippen MR) is 52.3 cm³/mol. The second-order valence-corrected chi connectivity index (χ2v) is 4.59. The van der Waals surface area contributed by atoms with Gasteiger partial charge in [0, 0.05) is 6.61 Å². The van der Waals surface area contributed by atoms with Gasteiger partial charge in [-0.25, -0.2) is 0 Å². The molecule has 0 amide bonds. The van der Waals surface area contributed by atoms with E-state index in [1.807, 2.05) is 0 Å². The van der Waals surface area contributed by atoms with Crippen molar-refractivity contribution in [2.75, 3.05) is 6.61 Å². The Morgan fingerprint density at radius 3 is 2.50 bits per heavy atom. The van der Waals surface area contributed by atoms with Crippen molar-refractivity contribution < 1.29 is 4.74 Å². The first-order valence-electron chi connectivity index (χ1n) is 5.28. The molecule has 12 heavy (non-hydrogen) atoms. The molecule has 0 bridgehead atoms. The van der Waals surface area contributed by atoms with Crippen molar-refractivity contribution in [3.8, 4) is 0 Å². The van der Waals surface area contributed by atoms with Crippen LogP contribution in [0.15, 0.2) is 0 Å². The molecule has 0 aromatic heterocycles. The van der Waals surface area contributed by atoms with Crippen molar-refractivity contribution in [1.82, 2.24) is 0 Å². The first-order valence-corrected chi connectivity index (χ1v) is 5.28. The van der Waals surface area contributed by atoms with Crippen LogP contribution in [0.1, 0.15) is 52.9 Å². The Labute approximate surface area is 76.5 Å². The van der Waals surface area contributed by atoms with Gasteiger partial charge >= 0.3 is 0 Å². The van der Waals surface area contributed by atoms with Crippen LogP contribution in [0.2, 0.25) is 0 Å². The highest BCUT2D eigenvalue weighted by Gasteiger charge is 2.23. The van der Waals surface area contributed by atoms with Crippen LogP contribution in [0, 0.1) is 5.92 Å². The van der Waals surface area contributed by atoms with E-state index in [-0.39, 0.29) is 5.60 Å². The predicted octanol–water partition coefficient (Wildman–Crippen LogP) is 3.38. The van der Waals surface area contributed by atoms with Crippen molar-refractivity contribution in [1.29, 1.82) is 0 Å². The topological polar surface area (TPSA) is 9.23 Å². The minimum Gasteiger partial charge on any atom is -0.376 e. The highest BCUT2D eigenvalue weighted by molar-refractivity contribution is 4.74. The molecule has 0 heterocycles. The molecule has 1 rings (SSSR count). The molecule has 1 nitrogen and oxygen atoms in total. The first-order chi connectivity index (χ1) is 5.64. The fraction of sp³-hybridized carbons (Fsp3) is 1.00. The van der Waals surface area contributed by atoms with E-state index < -0.39 is 0 Å². The first kappa shape index (κ1) is 10.0. The molecular formula is C11H22O. The lowest BCUT2D eigenvalue weighted by Gasteiger charge is -2.24. The molecule has 0 spiro atoms. The quantitative estimate of drug-likeness (QED) is 0.593. The summed E-state index contributed by atoms with van der Waals surface area (Å²) in [6.07, 6.45) is 6.57. The smallest absolute Gasteiger partial charge is 0.0626 e. The van der Waals surface area contributed by atoms with E-state index in [1.54, 1.807) is 0 Å². The van der Waals surface area contributed by atoms with E-state index in [9.17, 15) is 0 Å². The van der Waals surface area contributed by atoms with Gasteiger partial charge in [-0.05, 0) is 32.6 Å². The second kappa shape index (κ2) is 4.27. The second-order valence-electron chi connectivity index (χ2n) is 4.59. The Morgan fingerprint density at radius 1 is 1.33 bits per heavy atom. The molecule has 1 saturated carbocycles. The molecule has 0 aromatic rings. The van der Waals surface area contributed by atoms with E-state index in [1.165, 1.54) is 32.1 Å². The normalized spacial score (nSPS) is 18.2. The maximum absolute atomic E-state index is 5.82. The third-order valence-corrected chi connectivity index (χ3v) is 2.57. The van der Waals surface area contributed by atoms with Gasteiger partial charge in [-0.2, -0.15) is 0 Å². The van der Waals surface area contributed by atoms with E-state index in [0.717, 1.165) is 12.5 Å². The van der Waals surface area contributed by atoms with Crippen LogP contribution < -0.4 is 0 Å². The van der Waals surface area contributed by atoms with E-state index in [4.69, 9.17) is 4.74 Å². The maximum Gasteiger partial charge on any atom is 0.0626 e. The minimum atomic E-state index is 0.115. The van der Waals surface area contributed by atoms with Gasteiger partial charge in [-0.1, -0.05) is 26.2 Å². The number of hydrogen-bond donors (Lipinski definition) is 0. The molecule has 72 valence electrons. The lowest BCUT2D eigenvalue weighted by Crippen LogP contribution is -2.24. The van der Waals surface area contributed by atoms with Gasteiger partial charge in [-0.15, -0.1) is 0 Å². The highest BCUT2D eigenvalue weighted by atomic mass is 16.5.